The molecule has 3 heteroatoms. The molecule has 0 saturated heterocycles. The van der Waals surface area contributed by atoms with E-state index in [-0.39, 0.29) is 11.6 Å². The number of hydrogen-bond acceptors (Lipinski definition) is 2. The van der Waals surface area contributed by atoms with Gasteiger partial charge in [0, 0.05) is 10.6 Å². The summed E-state index contributed by atoms with van der Waals surface area (Å²) >= 11 is 1.49. The minimum atomic E-state index is -0.226. The molecule has 0 amide bonds. The molecule has 0 fully saturated rings. The van der Waals surface area contributed by atoms with Crippen LogP contribution in [0.2, 0.25) is 0 Å². The second-order valence-corrected chi connectivity index (χ2v) is 4.40. The summed E-state index contributed by atoms with van der Waals surface area (Å²) in [5.41, 5.74) is 0.910. The average molecular weight is 234 g/mol. The van der Waals surface area contributed by atoms with Gasteiger partial charge in [0.25, 0.3) is 0 Å². The SMILES string of the molecule is Oc1ccccc1SCc1cccc(F)c1. The summed E-state index contributed by atoms with van der Waals surface area (Å²) in [6.07, 6.45) is 0. The fraction of sp³-hybridized carbons (Fsp3) is 0.0769. The molecule has 0 heterocycles. The summed E-state index contributed by atoms with van der Waals surface area (Å²) in [6.45, 7) is 0. The topological polar surface area (TPSA) is 20.2 Å². The van der Waals surface area contributed by atoms with E-state index < -0.39 is 0 Å². The van der Waals surface area contributed by atoms with E-state index in [1.165, 1.54) is 23.9 Å². The van der Waals surface area contributed by atoms with E-state index >= 15 is 0 Å². The van der Waals surface area contributed by atoms with Gasteiger partial charge in [-0.25, -0.2) is 4.39 Å². The maximum Gasteiger partial charge on any atom is 0.129 e. The summed E-state index contributed by atoms with van der Waals surface area (Å²) in [5, 5.41) is 9.55. The zero-order chi connectivity index (χ0) is 11.4. The van der Waals surface area contributed by atoms with Gasteiger partial charge in [0.15, 0.2) is 0 Å². The minimum absolute atomic E-state index is 0.226. The van der Waals surface area contributed by atoms with E-state index in [2.05, 4.69) is 0 Å². The highest BCUT2D eigenvalue weighted by molar-refractivity contribution is 7.98. The second-order valence-electron chi connectivity index (χ2n) is 3.39. The molecule has 0 aliphatic heterocycles. The first-order chi connectivity index (χ1) is 7.75. The second kappa shape index (κ2) is 5.03. The summed E-state index contributed by atoms with van der Waals surface area (Å²) in [7, 11) is 0. The Morgan fingerprint density at radius 1 is 1.06 bits per heavy atom. The van der Waals surface area contributed by atoms with E-state index in [1.54, 1.807) is 18.2 Å². The van der Waals surface area contributed by atoms with E-state index in [0.717, 1.165) is 10.5 Å². The van der Waals surface area contributed by atoms with Crippen LogP contribution in [0.25, 0.3) is 0 Å². The molecule has 0 bridgehead atoms. The van der Waals surface area contributed by atoms with Crippen molar-refractivity contribution in [2.24, 2.45) is 0 Å². The van der Waals surface area contributed by atoms with Crippen LogP contribution in [0.1, 0.15) is 5.56 Å². The number of thioether (sulfide) groups is 1. The molecule has 0 aromatic heterocycles. The Bertz CT molecular complexity index is 485. The van der Waals surface area contributed by atoms with Gasteiger partial charge in [0.2, 0.25) is 0 Å². The molecule has 0 saturated carbocycles. The van der Waals surface area contributed by atoms with Gasteiger partial charge in [-0.2, -0.15) is 0 Å². The quantitative estimate of drug-likeness (QED) is 0.815. The number of halogens is 1. The van der Waals surface area contributed by atoms with Crippen LogP contribution in [0.4, 0.5) is 4.39 Å². The molecule has 2 aromatic carbocycles. The number of phenols is 1. The molecule has 0 spiro atoms. The molecular weight excluding hydrogens is 223 g/mol. The lowest BCUT2D eigenvalue weighted by Gasteiger charge is -2.04. The maximum absolute atomic E-state index is 12.9. The first kappa shape index (κ1) is 11.0. The third kappa shape index (κ3) is 2.76. The molecule has 2 rings (SSSR count). The lowest BCUT2D eigenvalue weighted by molar-refractivity contribution is 0.462. The van der Waals surface area contributed by atoms with Gasteiger partial charge in [-0.3, -0.25) is 0 Å². The Labute approximate surface area is 97.9 Å². The number of phenolic OH excluding ortho intramolecular Hbond substituents is 1. The first-order valence-electron chi connectivity index (χ1n) is 4.91. The minimum Gasteiger partial charge on any atom is -0.507 e. The molecule has 0 unspecified atom stereocenters. The third-order valence-corrected chi connectivity index (χ3v) is 3.28. The monoisotopic (exact) mass is 234 g/mol. The summed E-state index contributed by atoms with van der Waals surface area (Å²) in [6, 6.07) is 13.6. The van der Waals surface area contributed by atoms with Crippen molar-refractivity contribution in [1.82, 2.24) is 0 Å². The van der Waals surface area contributed by atoms with Crippen molar-refractivity contribution in [2.75, 3.05) is 0 Å². The van der Waals surface area contributed by atoms with Gasteiger partial charge in [0.05, 0.1) is 0 Å². The summed E-state index contributed by atoms with van der Waals surface area (Å²) in [5.74, 6) is 0.689. The predicted octanol–water partition coefficient (Wildman–Crippen LogP) is 3.82. The molecule has 0 atom stereocenters. The van der Waals surface area contributed by atoms with Crippen LogP contribution < -0.4 is 0 Å². The normalized spacial score (nSPS) is 10.3. The van der Waals surface area contributed by atoms with Crippen molar-refractivity contribution >= 4 is 11.8 Å². The van der Waals surface area contributed by atoms with Crippen LogP contribution in [0.5, 0.6) is 5.75 Å². The zero-order valence-electron chi connectivity index (χ0n) is 8.56. The summed E-state index contributed by atoms with van der Waals surface area (Å²) in [4.78, 5) is 0.812. The number of hydrogen-bond donors (Lipinski definition) is 1. The molecule has 1 nitrogen and oxygen atoms in total. The van der Waals surface area contributed by atoms with E-state index in [1.807, 2.05) is 18.2 Å². The molecule has 0 radical (unpaired) electrons. The Hall–Kier alpha value is -1.48. The molecular formula is C13H11FOS. The van der Waals surface area contributed by atoms with Crippen LogP contribution in [0.3, 0.4) is 0 Å². The third-order valence-electron chi connectivity index (χ3n) is 2.15. The Kier molecular flexibility index (Phi) is 3.47. The van der Waals surface area contributed by atoms with Crippen LogP contribution in [0.15, 0.2) is 53.4 Å². The van der Waals surface area contributed by atoms with Gasteiger partial charge in [0.1, 0.15) is 11.6 Å². The Morgan fingerprint density at radius 3 is 2.62 bits per heavy atom. The van der Waals surface area contributed by atoms with Gasteiger partial charge in [-0.1, -0.05) is 24.3 Å². The lowest BCUT2D eigenvalue weighted by Crippen LogP contribution is -1.82. The first-order valence-corrected chi connectivity index (χ1v) is 5.89. The van der Waals surface area contributed by atoms with Crippen molar-refractivity contribution in [3.8, 4) is 5.75 Å². The fourth-order valence-corrected chi connectivity index (χ4v) is 2.26. The van der Waals surface area contributed by atoms with Crippen LogP contribution in [-0.2, 0) is 5.75 Å². The van der Waals surface area contributed by atoms with E-state index in [4.69, 9.17) is 0 Å². The van der Waals surface area contributed by atoms with Crippen molar-refractivity contribution < 1.29 is 9.50 Å². The van der Waals surface area contributed by atoms with Gasteiger partial charge in [-0.15, -0.1) is 11.8 Å². The predicted molar refractivity (Wildman–Crippen MR) is 64.1 cm³/mol. The largest absolute Gasteiger partial charge is 0.507 e. The number of aromatic hydroxyl groups is 1. The van der Waals surface area contributed by atoms with Crippen molar-refractivity contribution in [1.29, 1.82) is 0 Å². The van der Waals surface area contributed by atoms with Crippen LogP contribution in [0, 0.1) is 5.82 Å². The lowest BCUT2D eigenvalue weighted by atomic mass is 10.2. The van der Waals surface area contributed by atoms with Crippen LogP contribution in [-0.4, -0.2) is 5.11 Å². The molecule has 2 aromatic rings. The van der Waals surface area contributed by atoms with Crippen molar-refractivity contribution in [3.63, 3.8) is 0 Å². The number of benzene rings is 2. The van der Waals surface area contributed by atoms with Gasteiger partial charge < -0.3 is 5.11 Å². The van der Waals surface area contributed by atoms with Gasteiger partial charge >= 0.3 is 0 Å². The Balaban J connectivity index is 2.05. The average Bonchev–Trinajstić information content (AvgIpc) is 2.28. The Morgan fingerprint density at radius 2 is 1.88 bits per heavy atom. The van der Waals surface area contributed by atoms with Crippen molar-refractivity contribution in [3.05, 3.63) is 59.9 Å². The highest BCUT2D eigenvalue weighted by Gasteiger charge is 2.01. The zero-order valence-corrected chi connectivity index (χ0v) is 9.38. The molecule has 82 valence electrons. The number of para-hydroxylation sites is 1. The molecule has 0 aliphatic rings. The standard InChI is InChI=1S/C13H11FOS/c14-11-5-3-4-10(8-11)9-16-13-7-2-1-6-12(13)15/h1-8,15H,9H2. The highest BCUT2D eigenvalue weighted by atomic mass is 32.2. The van der Waals surface area contributed by atoms with E-state index in [9.17, 15) is 9.50 Å². The molecule has 1 N–H and O–H groups in total. The highest BCUT2D eigenvalue weighted by Crippen LogP contribution is 2.30. The molecule has 0 aliphatic carbocycles. The van der Waals surface area contributed by atoms with Gasteiger partial charge in [-0.05, 0) is 29.8 Å². The van der Waals surface area contributed by atoms with E-state index in [0.29, 0.717) is 5.75 Å². The maximum atomic E-state index is 12.9. The summed E-state index contributed by atoms with van der Waals surface area (Å²) < 4.78 is 12.9. The fourth-order valence-electron chi connectivity index (χ4n) is 1.37. The van der Waals surface area contributed by atoms with Crippen LogP contribution >= 0.6 is 11.8 Å². The smallest absolute Gasteiger partial charge is 0.129 e. The number of rotatable bonds is 3. The van der Waals surface area contributed by atoms with Crippen molar-refractivity contribution in [2.45, 2.75) is 10.6 Å². The molecule has 16 heavy (non-hydrogen) atoms.